The summed E-state index contributed by atoms with van der Waals surface area (Å²) >= 11 is 5.84. The van der Waals surface area contributed by atoms with Crippen molar-refractivity contribution in [1.82, 2.24) is 5.32 Å². The molecule has 0 bridgehead atoms. The summed E-state index contributed by atoms with van der Waals surface area (Å²) in [6.45, 7) is 5.68. The zero-order valence-electron chi connectivity index (χ0n) is 16.9. The van der Waals surface area contributed by atoms with Crippen molar-refractivity contribution in [2.75, 3.05) is 4.72 Å². The van der Waals surface area contributed by atoms with E-state index in [1.807, 2.05) is 38.1 Å². The Bertz CT molecular complexity index is 1160. The zero-order chi connectivity index (χ0) is 21.9. The normalized spacial score (nSPS) is 12.3. The molecule has 3 rings (SSSR count). The molecule has 0 saturated heterocycles. The van der Waals surface area contributed by atoms with Gasteiger partial charge < -0.3 is 5.32 Å². The lowest BCUT2D eigenvalue weighted by atomic mass is 10.1. The standard InChI is InChI=1S/C23H23ClN2O3S/c1-15-4-7-18(8-5-15)17(3)25-23(27)19-9-6-16(2)22(14-19)26-30(28,29)21-12-10-20(24)11-13-21/h4-14,17,26H,1-3H3,(H,25,27)/t17-/m0/s1. The highest BCUT2D eigenvalue weighted by Crippen LogP contribution is 2.23. The number of halogens is 1. The second kappa shape index (κ2) is 8.90. The molecule has 7 heteroatoms. The van der Waals surface area contributed by atoms with Crippen LogP contribution in [-0.4, -0.2) is 14.3 Å². The summed E-state index contributed by atoms with van der Waals surface area (Å²) in [4.78, 5) is 12.8. The smallest absolute Gasteiger partial charge is 0.261 e. The number of hydrogen-bond donors (Lipinski definition) is 2. The van der Waals surface area contributed by atoms with Crippen molar-refractivity contribution >= 4 is 33.2 Å². The number of amides is 1. The lowest BCUT2D eigenvalue weighted by Gasteiger charge is -2.16. The van der Waals surface area contributed by atoms with E-state index < -0.39 is 10.0 Å². The predicted molar refractivity (Wildman–Crippen MR) is 120 cm³/mol. The maximum absolute atomic E-state index is 12.7. The van der Waals surface area contributed by atoms with E-state index in [2.05, 4.69) is 10.0 Å². The Labute approximate surface area is 182 Å². The van der Waals surface area contributed by atoms with E-state index in [9.17, 15) is 13.2 Å². The van der Waals surface area contributed by atoms with Gasteiger partial charge in [-0.05, 0) is 68.3 Å². The topological polar surface area (TPSA) is 75.3 Å². The van der Waals surface area contributed by atoms with Crippen LogP contribution in [0.15, 0.2) is 71.6 Å². The molecular weight excluding hydrogens is 420 g/mol. The van der Waals surface area contributed by atoms with Crippen LogP contribution in [-0.2, 0) is 10.0 Å². The second-order valence-electron chi connectivity index (χ2n) is 7.19. The summed E-state index contributed by atoms with van der Waals surface area (Å²) in [6, 6.07) is 18.6. The van der Waals surface area contributed by atoms with Gasteiger partial charge in [0, 0.05) is 10.6 Å². The van der Waals surface area contributed by atoms with Gasteiger partial charge in [0.15, 0.2) is 0 Å². The van der Waals surface area contributed by atoms with Crippen LogP contribution in [0.3, 0.4) is 0 Å². The molecule has 0 aromatic heterocycles. The van der Waals surface area contributed by atoms with Gasteiger partial charge in [0.1, 0.15) is 0 Å². The van der Waals surface area contributed by atoms with Gasteiger partial charge in [-0.25, -0.2) is 8.42 Å². The van der Waals surface area contributed by atoms with Gasteiger partial charge in [0.05, 0.1) is 16.6 Å². The third kappa shape index (κ3) is 5.20. The fourth-order valence-corrected chi connectivity index (χ4v) is 4.16. The largest absolute Gasteiger partial charge is 0.346 e. The highest BCUT2D eigenvalue weighted by Gasteiger charge is 2.17. The molecule has 0 fully saturated rings. The number of carbonyl (C=O) groups is 1. The molecule has 30 heavy (non-hydrogen) atoms. The van der Waals surface area contributed by atoms with E-state index >= 15 is 0 Å². The van der Waals surface area contributed by atoms with Crippen LogP contribution in [0, 0.1) is 13.8 Å². The highest BCUT2D eigenvalue weighted by molar-refractivity contribution is 7.92. The summed E-state index contributed by atoms with van der Waals surface area (Å²) in [6.07, 6.45) is 0. The number of rotatable bonds is 6. The van der Waals surface area contributed by atoms with Crippen LogP contribution in [0.2, 0.25) is 5.02 Å². The first-order valence-electron chi connectivity index (χ1n) is 9.42. The minimum Gasteiger partial charge on any atom is -0.346 e. The minimum absolute atomic E-state index is 0.0918. The fourth-order valence-electron chi connectivity index (χ4n) is 2.91. The molecule has 0 saturated carbocycles. The second-order valence-corrected chi connectivity index (χ2v) is 9.31. The van der Waals surface area contributed by atoms with Crippen molar-refractivity contribution in [2.45, 2.75) is 31.7 Å². The lowest BCUT2D eigenvalue weighted by molar-refractivity contribution is 0.0940. The third-order valence-electron chi connectivity index (χ3n) is 4.79. The Hall–Kier alpha value is -2.83. The van der Waals surface area contributed by atoms with Gasteiger partial charge in [-0.3, -0.25) is 9.52 Å². The van der Waals surface area contributed by atoms with Crippen LogP contribution >= 0.6 is 11.6 Å². The molecule has 3 aromatic rings. The molecule has 2 N–H and O–H groups in total. The first-order valence-corrected chi connectivity index (χ1v) is 11.3. The third-order valence-corrected chi connectivity index (χ3v) is 6.43. The van der Waals surface area contributed by atoms with Crippen LogP contribution in [0.25, 0.3) is 0 Å². The summed E-state index contributed by atoms with van der Waals surface area (Å²) < 4.78 is 27.9. The van der Waals surface area contributed by atoms with Crippen molar-refractivity contribution in [3.63, 3.8) is 0 Å². The van der Waals surface area contributed by atoms with Crippen LogP contribution in [0.4, 0.5) is 5.69 Å². The molecule has 0 aliphatic rings. The van der Waals surface area contributed by atoms with Crippen LogP contribution in [0.5, 0.6) is 0 Å². The van der Waals surface area contributed by atoms with E-state index in [1.165, 1.54) is 24.3 Å². The number of carbonyl (C=O) groups excluding carboxylic acids is 1. The van der Waals surface area contributed by atoms with E-state index in [0.29, 0.717) is 21.8 Å². The Balaban J connectivity index is 1.79. The molecular formula is C23H23ClN2O3S. The van der Waals surface area contributed by atoms with Gasteiger partial charge in [-0.15, -0.1) is 0 Å². The van der Waals surface area contributed by atoms with Gasteiger partial charge in [0.2, 0.25) is 0 Å². The number of nitrogens with one attached hydrogen (secondary N) is 2. The quantitative estimate of drug-likeness (QED) is 0.547. The Morgan fingerprint density at radius 2 is 1.57 bits per heavy atom. The number of hydrogen-bond acceptors (Lipinski definition) is 3. The zero-order valence-corrected chi connectivity index (χ0v) is 18.5. The number of aryl methyl sites for hydroxylation is 2. The SMILES string of the molecule is Cc1ccc([C@H](C)NC(=O)c2ccc(C)c(NS(=O)(=O)c3ccc(Cl)cc3)c2)cc1. The predicted octanol–water partition coefficient (Wildman–Crippen LogP) is 5.25. The Kier molecular flexibility index (Phi) is 6.48. The van der Waals surface area contributed by atoms with Gasteiger partial charge in [0.25, 0.3) is 15.9 Å². The van der Waals surface area contributed by atoms with Crippen LogP contribution in [0.1, 0.15) is 40.0 Å². The van der Waals surface area contributed by atoms with E-state index in [4.69, 9.17) is 11.6 Å². The molecule has 0 aliphatic heterocycles. The van der Waals surface area contributed by atoms with Crippen molar-refractivity contribution < 1.29 is 13.2 Å². The first kappa shape index (κ1) is 21.9. The molecule has 0 spiro atoms. The number of anilines is 1. The van der Waals surface area contributed by atoms with Gasteiger partial charge in [-0.1, -0.05) is 47.5 Å². The molecule has 0 heterocycles. The molecule has 0 radical (unpaired) electrons. The number of sulfonamides is 1. The summed E-state index contributed by atoms with van der Waals surface area (Å²) in [5.74, 6) is -0.282. The average molecular weight is 443 g/mol. The monoisotopic (exact) mass is 442 g/mol. The lowest BCUT2D eigenvalue weighted by Crippen LogP contribution is -2.26. The average Bonchev–Trinajstić information content (AvgIpc) is 2.70. The highest BCUT2D eigenvalue weighted by atomic mass is 35.5. The Morgan fingerprint density at radius 1 is 0.933 bits per heavy atom. The van der Waals surface area contributed by atoms with E-state index in [1.54, 1.807) is 25.1 Å². The van der Waals surface area contributed by atoms with E-state index in [-0.39, 0.29) is 16.8 Å². The summed E-state index contributed by atoms with van der Waals surface area (Å²) in [7, 11) is -3.81. The van der Waals surface area contributed by atoms with Gasteiger partial charge >= 0.3 is 0 Å². The number of benzene rings is 3. The van der Waals surface area contributed by atoms with Gasteiger partial charge in [-0.2, -0.15) is 0 Å². The molecule has 3 aromatic carbocycles. The summed E-state index contributed by atoms with van der Waals surface area (Å²) in [5.41, 5.74) is 3.56. The molecule has 5 nitrogen and oxygen atoms in total. The molecule has 1 amide bonds. The van der Waals surface area contributed by atoms with Crippen molar-refractivity contribution in [2.24, 2.45) is 0 Å². The van der Waals surface area contributed by atoms with Crippen molar-refractivity contribution in [3.05, 3.63) is 94.0 Å². The molecule has 156 valence electrons. The van der Waals surface area contributed by atoms with Crippen molar-refractivity contribution in [3.8, 4) is 0 Å². The fraction of sp³-hybridized carbons (Fsp3) is 0.174. The molecule has 0 aliphatic carbocycles. The van der Waals surface area contributed by atoms with E-state index in [0.717, 1.165) is 11.1 Å². The maximum atomic E-state index is 12.7. The maximum Gasteiger partial charge on any atom is 0.261 e. The first-order chi connectivity index (χ1) is 14.2. The Morgan fingerprint density at radius 3 is 2.20 bits per heavy atom. The minimum atomic E-state index is -3.81. The van der Waals surface area contributed by atoms with Crippen LogP contribution < -0.4 is 10.0 Å². The van der Waals surface area contributed by atoms with Crippen molar-refractivity contribution in [1.29, 1.82) is 0 Å². The molecule has 0 unspecified atom stereocenters. The molecule has 1 atom stereocenters. The summed E-state index contributed by atoms with van der Waals surface area (Å²) in [5, 5.41) is 3.40.